The van der Waals surface area contributed by atoms with Gasteiger partial charge in [-0.2, -0.15) is 0 Å². The number of esters is 1. The number of nitrogens with one attached hydrogen (secondary N) is 1. The molecule has 1 aliphatic heterocycles. The van der Waals surface area contributed by atoms with E-state index in [-0.39, 0.29) is 11.8 Å². The molecule has 3 aromatic heterocycles. The summed E-state index contributed by atoms with van der Waals surface area (Å²) >= 11 is 1.45. The van der Waals surface area contributed by atoms with Crippen LogP contribution < -0.4 is 4.90 Å². The molecule has 4 heterocycles. The predicted octanol–water partition coefficient (Wildman–Crippen LogP) is 3.40. The van der Waals surface area contributed by atoms with Crippen LogP contribution in [0.15, 0.2) is 29.8 Å². The van der Waals surface area contributed by atoms with Gasteiger partial charge in [-0.25, -0.2) is 23.2 Å². The topological polar surface area (TPSA) is 114 Å². The number of aromatic amines is 1. The van der Waals surface area contributed by atoms with Gasteiger partial charge in [0.1, 0.15) is 0 Å². The van der Waals surface area contributed by atoms with E-state index in [1.165, 1.54) is 24.7 Å². The molecular weight excluding hydrogens is 476 g/mol. The van der Waals surface area contributed by atoms with E-state index in [1.54, 1.807) is 18.3 Å². The average Bonchev–Trinajstić information content (AvgIpc) is 3.44. The van der Waals surface area contributed by atoms with Gasteiger partial charge in [0.15, 0.2) is 21.5 Å². The van der Waals surface area contributed by atoms with Crippen molar-refractivity contribution in [3.05, 3.63) is 40.9 Å². The molecule has 1 N–H and O–H groups in total. The van der Waals surface area contributed by atoms with E-state index in [0.717, 1.165) is 21.4 Å². The number of carbonyl (C=O) groups excluding carboxylic acids is 1. The molecule has 0 aliphatic carbocycles. The quantitative estimate of drug-likeness (QED) is 0.415. The third-order valence-electron chi connectivity index (χ3n) is 5.86. The van der Waals surface area contributed by atoms with Crippen molar-refractivity contribution >= 4 is 54.1 Å². The van der Waals surface area contributed by atoms with Gasteiger partial charge in [0.25, 0.3) is 0 Å². The van der Waals surface area contributed by atoms with Crippen LogP contribution in [0.25, 0.3) is 32.5 Å². The lowest BCUT2D eigenvalue weighted by molar-refractivity contribution is 0.0601. The minimum absolute atomic E-state index is 0.0915. The van der Waals surface area contributed by atoms with Crippen LogP contribution in [0.3, 0.4) is 0 Å². The number of aromatic nitrogens is 3. The van der Waals surface area contributed by atoms with E-state index in [0.29, 0.717) is 47.8 Å². The van der Waals surface area contributed by atoms with Crippen LogP contribution in [0.5, 0.6) is 0 Å². The monoisotopic (exact) mass is 500 g/mol. The van der Waals surface area contributed by atoms with Crippen LogP contribution in [-0.2, 0) is 25.1 Å². The van der Waals surface area contributed by atoms with Gasteiger partial charge in [-0.3, -0.25) is 0 Å². The number of carbonyl (C=O) groups is 1. The molecule has 5 rings (SSSR count). The van der Waals surface area contributed by atoms with E-state index in [4.69, 9.17) is 19.4 Å². The van der Waals surface area contributed by atoms with Gasteiger partial charge in [0.2, 0.25) is 0 Å². The summed E-state index contributed by atoms with van der Waals surface area (Å²) < 4.78 is 35.6. The standard InChI is InChI=1S/C23H24N4O5S2/c1-13-10-32-7-6-27(13)22-20-19(15(11-33-20)12-34(3,29)30)25-21(26-22)17-8-14(23(28)31-2)9-18-16(17)4-5-24-18/h4-5,8-9,11,13,24H,6-7,10,12H2,1-3H3/t13-/m1/s1. The fraction of sp³-hybridized carbons (Fsp3) is 0.348. The van der Waals surface area contributed by atoms with Crippen LogP contribution in [0.4, 0.5) is 5.82 Å². The van der Waals surface area contributed by atoms with E-state index in [2.05, 4.69) is 16.8 Å². The van der Waals surface area contributed by atoms with Crippen LogP contribution >= 0.6 is 11.3 Å². The summed E-state index contributed by atoms with van der Waals surface area (Å²) in [5, 5.41) is 2.70. The first-order chi connectivity index (χ1) is 16.2. The number of ether oxygens (including phenoxy) is 2. The Bertz CT molecular complexity index is 1510. The van der Waals surface area contributed by atoms with Gasteiger partial charge in [-0.05, 0) is 30.5 Å². The molecule has 0 saturated carbocycles. The van der Waals surface area contributed by atoms with Crippen molar-refractivity contribution in [2.75, 3.05) is 38.0 Å². The summed E-state index contributed by atoms with van der Waals surface area (Å²) in [5.41, 5.74) is 3.05. The Kier molecular flexibility index (Phi) is 5.78. The van der Waals surface area contributed by atoms with Crippen LogP contribution in [0.2, 0.25) is 0 Å². The second-order valence-corrected chi connectivity index (χ2v) is 11.5. The number of hydrogen-bond donors (Lipinski definition) is 1. The highest BCUT2D eigenvalue weighted by Gasteiger charge is 2.26. The maximum atomic E-state index is 12.3. The van der Waals surface area contributed by atoms with Crippen LogP contribution in [0.1, 0.15) is 22.8 Å². The lowest BCUT2D eigenvalue weighted by atomic mass is 10.0. The van der Waals surface area contributed by atoms with Gasteiger partial charge >= 0.3 is 5.97 Å². The van der Waals surface area contributed by atoms with Crippen molar-refractivity contribution < 1.29 is 22.7 Å². The minimum atomic E-state index is -3.27. The molecule has 1 atom stereocenters. The Labute approximate surface area is 200 Å². The van der Waals surface area contributed by atoms with Crippen molar-refractivity contribution in [1.82, 2.24) is 15.0 Å². The zero-order chi connectivity index (χ0) is 24.0. The van der Waals surface area contributed by atoms with E-state index < -0.39 is 15.8 Å². The molecule has 4 aromatic rings. The Morgan fingerprint density at radius 1 is 1.35 bits per heavy atom. The number of nitrogens with zero attached hydrogens (tertiary/aromatic N) is 3. The summed E-state index contributed by atoms with van der Waals surface area (Å²) in [6.45, 7) is 3.88. The highest BCUT2D eigenvalue weighted by atomic mass is 32.2. The normalized spacial score (nSPS) is 16.9. The molecule has 0 spiro atoms. The van der Waals surface area contributed by atoms with Crippen molar-refractivity contribution in [3.8, 4) is 11.4 Å². The molecule has 0 bridgehead atoms. The Balaban J connectivity index is 1.78. The fourth-order valence-electron chi connectivity index (χ4n) is 4.28. The smallest absolute Gasteiger partial charge is 0.337 e. The number of morpholine rings is 1. The highest BCUT2D eigenvalue weighted by Crippen LogP contribution is 2.38. The number of rotatable bonds is 5. The summed E-state index contributed by atoms with van der Waals surface area (Å²) in [7, 11) is -1.93. The number of methoxy groups -OCH3 is 1. The number of anilines is 1. The molecule has 1 saturated heterocycles. The number of benzene rings is 1. The van der Waals surface area contributed by atoms with Crippen molar-refractivity contribution in [1.29, 1.82) is 0 Å². The zero-order valence-corrected chi connectivity index (χ0v) is 20.6. The highest BCUT2D eigenvalue weighted by molar-refractivity contribution is 7.89. The maximum Gasteiger partial charge on any atom is 0.337 e. The molecule has 0 radical (unpaired) electrons. The molecule has 0 unspecified atom stereocenters. The number of fused-ring (bicyclic) bond motifs is 2. The second kappa shape index (κ2) is 8.64. The van der Waals surface area contributed by atoms with Crippen molar-refractivity contribution in [2.45, 2.75) is 18.7 Å². The van der Waals surface area contributed by atoms with Gasteiger partial charge < -0.3 is 19.4 Å². The largest absolute Gasteiger partial charge is 0.465 e. The Hall–Kier alpha value is -3.02. The number of thiophene rings is 1. The van der Waals surface area contributed by atoms with Gasteiger partial charge in [-0.15, -0.1) is 11.3 Å². The molecule has 11 heteroatoms. The van der Waals surface area contributed by atoms with Crippen molar-refractivity contribution in [3.63, 3.8) is 0 Å². The third kappa shape index (κ3) is 4.15. The lowest BCUT2D eigenvalue weighted by Gasteiger charge is -2.34. The third-order valence-corrected chi connectivity index (χ3v) is 7.71. The first-order valence-corrected chi connectivity index (χ1v) is 13.7. The van der Waals surface area contributed by atoms with Gasteiger partial charge in [-0.1, -0.05) is 0 Å². The zero-order valence-electron chi connectivity index (χ0n) is 19.0. The fourth-order valence-corrected chi connectivity index (χ4v) is 6.18. The second-order valence-electron chi connectivity index (χ2n) is 8.45. The number of sulfone groups is 1. The van der Waals surface area contributed by atoms with E-state index in [1.807, 2.05) is 11.4 Å². The molecule has 1 aliphatic rings. The van der Waals surface area contributed by atoms with Crippen molar-refractivity contribution in [2.24, 2.45) is 0 Å². The maximum absolute atomic E-state index is 12.3. The van der Waals surface area contributed by atoms with Crippen LogP contribution in [-0.4, -0.2) is 68.5 Å². The molecule has 9 nitrogen and oxygen atoms in total. The SMILES string of the molecule is COC(=O)c1cc(-c2nc(N3CCOC[C@H]3C)c3scc(CS(C)(=O)=O)c3n2)c2cc[nH]c2c1. The first-order valence-electron chi connectivity index (χ1n) is 10.7. The first kappa shape index (κ1) is 22.8. The Morgan fingerprint density at radius 3 is 2.91 bits per heavy atom. The predicted molar refractivity (Wildman–Crippen MR) is 132 cm³/mol. The summed E-state index contributed by atoms with van der Waals surface area (Å²) in [4.78, 5) is 27.5. The average molecular weight is 501 g/mol. The molecule has 34 heavy (non-hydrogen) atoms. The molecule has 178 valence electrons. The summed E-state index contributed by atoms with van der Waals surface area (Å²) in [6.07, 6.45) is 3.01. The molecule has 0 amide bonds. The van der Waals surface area contributed by atoms with Gasteiger partial charge in [0.05, 0.1) is 47.9 Å². The summed E-state index contributed by atoms with van der Waals surface area (Å²) in [6, 6.07) is 5.45. The molecular formula is C23H24N4O5S2. The van der Waals surface area contributed by atoms with E-state index >= 15 is 0 Å². The minimum Gasteiger partial charge on any atom is -0.465 e. The Morgan fingerprint density at radius 2 is 2.18 bits per heavy atom. The molecule has 1 aromatic carbocycles. The van der Waals surface area contributed by atoms with Crippen LogP contribution in [0, 0.1) is 0 Å². The van der Waals surface area contributed by atoms with E-state index in [9.17, 15) is 13.2 Å². The summed E-state index contributed by atoms with van der Waals surface area (Å²) in [5.74, 6) is 0.593. The number of H-pyrrole nitrogens is 1. The molecule has 1 fully saturated rings. The van der Waals surface area contributed by atoms with Gasteiger partial charge in [0, 0.05) is 41.0 Å². The number of hydrogen-bond acceptors (Lipinski definition) is 9. The lowest BCUT2D eigenvalue weighted by Crippen LogP contribution is -2.44.